The number of hydrogen-bond donors (Lipinski definition) is 2. The minimum Gasteiger partial charge on any atom is -0.496 e. The first kappa shape index (κ1) is 17.5. The highest BCUT2D eigenvalue weighted by atomic mass is 32.2. The lowest BCUT2D eigenvalue weighted by molar-refractivity contribution is -0.120. The molecule has 1 aromatic carbocycles. The van der Waals surface area contributed by atoms with Gasteiger partial charge in [-0.05, 0) is 51.0 Å². The maximum absolute atomic E-state index is 12.3. The van der Waals surface area contributed by atoms with E-state index in [2.05, 4.69) is 10.0 Å². The Hall–Kier alpha value is -1.60. The maximum Gasteiger partial charge on any atom is 0.241 e. The van der Waals surface area contributed by atoms with Gasteiger partial charge in [-0.2, -0.15) is 0 Å². The van der Waals surface area contributed by atoms with E-state index in [-0.39, 0.29) is 23.4 Å². The molecule has 0 atom stereocenters. The van der Waals surface area contributed by atoms with Crippen LogP contribution in [0.4, 0.5) is 0 Å². The molecule has 0 aliphatic rings. The first-order chi connectivity index (χ1) is 9.67. The highest BCUT2D eigenvalue weighted by Crippen LogP contribution is 2.25. The number of carbonyl (C=O) groups is 1. The van der Waals surface area contributed by atoms with Gasteiger partial charge < -0.3 is 10.1 Å². The Labute approximate surface area is 125 Å². The van der Waals surface area contributed by atoms with Crippen LogP contribution < -0.4 is 14.8 Å². The van der Waals surface area contributed by atoms with Crippen LogP contribution in [0.2, 0.25) is 0 Å². The monoisotopic (exact) mass is 314 g/mol. The molecule has 0 aliphatic carbocycles. The van der Waals surface area contributed by atoms with Crippen LogP contribution >= 0.6 is 0 Å². The van der Waals surface area contributed by atoms with Crippen molar-refractivity contribution in [2.24, 2.45) is 0 Å². The lowest BCUT2D eigenvalue weighted by Gasteiger charge is -2.13. The predicted molar refractivity (Wildman–Crippen MR) is 80.9 cm³/mol. The summed E-state index contributed by atoms with van der Waals surface area (Å²) in [5.41, 5.74) is 1.28. The summed E-state index contributed by atoms with van der Waals surface area (Å²) < 4.78 is 32.0. The second-order valence-electron chi connectivity index (χ2n) is 5.13. The number of nitrogens with one attached hydrogen (secondary N) is 2. The van der Waals surface area contributed by atoms with Gasteiger partial charge in [-0.25, -0.2) is 13.1 Å². The van der Waals surface area contributed by atoms with Crippen molar-refractivity contribution >= 4 is 15.9 Å². The molecule has 0 aliphatic heterocycles. The molecular weight excluding hydrogens is 292 g/mol. The molecule has 0 fully saturated rings. The smallest absolute Gasteiger partial charge is 0.241 e. The number of ether oxygens (including phenoxy) is 1. The molecule has 1 amide bonds. The van der Waals surface area contributed by atoms with E-state index in [0.717, 1.165) is 5.56 Å². The first-order valence-electron chi connectivity index (χ1n) is 6.61. The van der Waals surface area contributed by atoms with Crippen molar-refractivity contribution in [2.75, 3.05) is 13.7 Å². The zero-order chi connectivity index (χ0) is 16.2. The number of rotatable bonds is 6. The van der Waals surface area contributed by atoms with E-state index in [0.29, 0.717) is 11.3 Å². The summed E-state index contributed by atoms with van der Waals surface area (Å²) in [5.74, 6) is 0.264. The Bertz CT molecular complexity index is 624. The van der Waals surface area contributed by atoms with Crippen molar-refractivity contribution in [3.05, 3.63) is 23.3 Å². The molecule has 0 radical (unpaired) electrons. The van der Waals surface area contributed by atoms with Crippen molar-refractivity contribution in [2.45, 2.75) is 38.6 Å². The second-order valence-corrected chi connectivity index (χ2v) is 6.87. The van der Waals surface area contributed by atoms with Gasteiger partial charge in [-0.3, -0.25) is 4.79 Å². The number of amides is 1. The first-order valence-corrected chi connectivity index (χ1v) is 8.10. The summed E-state index contributed by atoms with van der Waals surface area (Å²) in [5, 5.41) is 2.63. The molecular formula is C14H22N2O4S. The third-order valence-corrected chi connectivity index (χ3v) is 4.40. The molecule has 1 rings (SSSR count). The van der Waals surface area contributed by atoms with Gasteiger partial charge in [-0.1, -0.05) is 0 Å². The Morgan fingerprint density at radius 1 is 1.24 bits per heavy atom. The zero-order valence-corrected chi connectivity index (χ0v) is 13.8. The predicted octanol–water partition coefficient (Wildman–Crippen LogP) is 1.11. The van der Waals surface area contributed by atoms with Crippen LogP contribution in [0.5, 0.6) is 5.75 Å². The van der Waals surface area contributed by atoms with Gasteiger partial charge in [0.05, 0.1) is 18.6 Å². The molecule has 0 heterocycles. The standard InChI is InChI=1S/C14H22N2O4S/c1-9(2)16-14(17)8-15-21(18,19)13-7-10(3)12(20-5)6-11(13)4/h6-7,9,15H,8H2,1-5H3,(H,16,17). The molecule has 0 aromatic heterocycles. The summed E-state index contributed by atoms with van der Waals surface area (Å²) in [6.07, 6.45) is 0. The highest BCUT2D eigenvalue weighted by Gasteiger charge is 2.19. The molecule has 0 spiro atoms. The third kappa shape index (κ3) is 4.71. The minimum atomic E-state index is -3.74. The van der Waals surface area contributed by atoms with Crippen LogP contribution in [-0.2, 0) is 14.8 Å². The molecule has 21 heavy (non-hydrogen) atoms. The van der Waals surface area contributed by atoms with Crippen LogP contribution in [0, 0.1) is 13.8 Å². The number of benzene rings is 1. The van der Waals surface area contributed by atoms with Crippen LogP contribution in [0.3, 0.4) is 0 Å². The van der Waals surface area contributed by atoms with Crippen LogP contribution in [0.25, 0.3) is 0 Å². The molecule has 7 heteroatoms. The lowest BCUT2D eigenvalue weighted by atomic mass is 10.1. The van der Waals surface area contributed by atoms with Crippen LogP contribution in [0.1, 0.15) is 25.0 Å². The highest BCUT2D eigenvalue weighted by molar-refractivity contribution is 7.89. The quantitative estimate of drug-likeness (QED) is 0.824. The number of aryl methyl sites for hydroxylation is 2. The zero-order valence-electron chi connectivity index (χ0n) is 13.0. The number of hydrogen-bond acceptors (Lipinski definition) is 4. The van der Waals surface area contributed by atoms with E-state index in [1.807, 2.05) is 13.8 Å². The molecule has 0 unspecified atom stereocenters. The summed E-state index contributed by atoms with van der Waals surface area (Å²) in [6.45, 7) is 6.78. The van der Waals surface area contributed by atoms with Crippen molar-refractivity contribution in [1.29, 1.82) is 0 Å². The fourth-order valence-corrected chi connectivity index (χ4v) is 3.18. The molecule has 1 aromatic rings. The average molecular weight is 314 g/mol. The molecule has 0 saturated heterocycles. The van der Waals surface area contributed by atoms with Crippen LogP contribution in [0.15, 0.2) is 17.0 Å². The van der Waals surface area contributed by atoms with Gasteiger partial charge in [0.15, 0.2) is 0 Å². The van der Waals surface area contributed by atoms with Crippen molar-refractivity contribution in [3.63, 3.8) is 0 Å². The Kier molecular flexibility index (Phi) is 5.74. The van der Waals surface area contributed by atoms with Crippen molar-refractivity contribution < 1.29 is 17.9 Å². The van der Waals surface area contributed by atoms with Crippen LogP contribution in [-0.4, -0.2) is 34.0 Å². The number of carbonyl (C=O) groups excluding carboxylic acids is 1. The minimum absolute atomic E-state index is 0.0352. The molecule has 2 N–H and O–H groups in total. The fourth-order valence-electron chi connectivity index (χ4n) is 1.88. The Morgan fingerprint density at radius 3 is 2.38 bits per heavy atom. The maximum atomic E-state index is 12.3. The van der Waals surface area contributed by atoms with E-state index >= 15 is 0 Å². The second kappa shape index (κ2) is 6.91. The third-order valence-electron chi connectivity index (χ3n) is 2.85. The molecule has 0 bridgehead atoms. The summed E-state index contributed by atoms with van der Waals surface area (Å²) in [6, 6.07) is 3.17. The van der Waals surface area contributed by atoms with E-state index in [4.69, 9.17) is 4.74 Å². The van der Waals surface area contributed by atoms with E-state index < -0.39 is 10.0 Å². The van der Waals surface area contributed by atoms with Gasteiger partial charge in [0, 0.05) is 6.04 Å². The fraction of sp³-hybridized carbons (Fsp3) is 0.500. The SMILES string of the molecule is COc1cc(C)c(S(=O)(=O)NCC(=O)NC(C)C)cc1C. The van der Waals surface area contributed by atoms with Gasteiger partial charge in [0.1, 0.15) is 5.75 Å². The largest absolute Gasteiger partial charge is 0.496 e. The van der Waals surface area contributed by atoms with Gasteiger partial charge in [-0.15, -0.1) is 0 Å². The number of sulfonamides is 1. The summed E-state index contributed by atoms with van der Waals surface area (Å²) >= 11 is 0. The Morgan fingerprint density at radius 2 is 1.86 bits per heavy atom. The topological polar surface area (TPSA) is 84.5 Å². The molecule has 6 nitrogen and oxygen atoms in total. The van der Waals surface area contributed by atoms with E-state index in [9.17, 15) is 13.2 Å². The normalized spacial score (nSPS) is 11.5. The lowest BCUT2D eigenvalue weighted by Crippen LogP contribution is -2.39. The van der Waals surface area contributed by atoms with Crippen molar-refractivity contribution in [3.8, 4) is 5.75 Å². The molecule has 118 valence electrons. The summed E-state index contributed by atoms with van der Waals surface area (Å²) in [7, 11) is -2.20. The van der Waals surface area contributed by atoms with E-state index in [1.54, 1.807) is 19.9 Å². The van der Waals surface area contributed by atoms with Gasteiger partial charge in [0.2, 0.25) is 15.9 Å². The Balaban J connectivity index is 2.93. The van der Waals surface area contributed by atoms with Gasteiger partial charge in [0.25, 0.3) is 0 Å². The number of methoxy groups -OCH3 is 1. The molecule has 0 saturated carbocycles. The van der Waals surface area contributed by atoms with E-state index in [1.165, 1.54) is 13.2 Å². The summed E-state index contributed by atoms with van der Waals surface area (Å²) in [4.78, 5) is 11.7. The van der Waals surface area contributed by atoms with Crippen molar-refractivity contribution in [1.82, 2.24) is 10.0 Å². The average Bonchev–Trinajstić information content (AvgIpc) is 2.38. The van der Waals surface area contributed by atoms with Gasteiger partial charge >= 0.3 is 0 Å².